The lowest BCUT2D eigenvalue weighted by atomic mass is 10.2. The number of rotatable bonds is 5. The third-order valence-electron chi connectivity index (χ3n) is 3.97. The van der Waals surface area contributed by atoms with E-state index in [1.54, 1.807) is 23.7 Å². The fraction of sp³-hybridized carbons (Fsp3) is 0.312. The van der Waals surface area contributed by atoms with E-state index < -0.39 is 11.2 Å². The maximum Gasteiger partial charge on any atom is 0.332 e. The third kappa shape index (κ3) is 3.06. The lowest BCUT2D eigenvalue weighted by molar-refractivity contribution is 0.310. The van der Waals surface area contributed by atoms with Crippen LogP contribution in [0.5, 0.6) is 0 Å². The van der Waals surface area contributed by atoms with Gasteiger partial charge in [0.15, 0.2) is 11.2 Å². The van der Waals surface area contributed by atoms with Crippen LogP contribution in [-0.2, 0) is 20.6 Å². The summed E-state index contributed by atoms with van der Waals surface area (Å²) in [6, 6.07) is 7.28. The highest BCUT2D eigenvalue weighted by Gasteiger charge is 2.19. The van der Waals surface area contributed by atoms with Gasteiger partial charge < -0.3 is 10.4 Å². The predicted octanol–water partition coefficient (Wildman–Crippen LogP) is 0.540. The Morgan fingerprint density at radius 3 is 2.68 bits per heavy atom. The van der Waals surface area contributed by atoms with Crippen molar-refractivity contribution in [1.29, 1.82) is 0 Å². The maximum atomic E-state index is 12.7. The first-order valence-corrected chi connectivity index (χ1v) is 8.07. The molecule has 0 fully saturated rings. The molecule has 25 heavy (non-hydrogen) atoms. The summed E-state index contributed by atoms with van der Waals surface area (Å²) < 4.78 is 4.07. The molecular formula is C16H18ClN5O3. The summed E-state index contributed by atoms with van der Waals surface area (Å²) in [5, 5.41) is 12.7. The first kappa shape index (κ1) is 17.2. The van der Waals surface area contributed by atoms with Crippen LogP contribution < -0.4 is 16.6 Å². The summed E-state index contributed by atoms with van der Waals surface area (Å²) in [6.07, 6.45) is 0. The molecule has 0 atom stereocenters. The van der Waals surface area contributed by atoms with Gasteiger partial charge >= 0.3 is 5.69 Å². The summed E-state index contributed by atoms with van der Waals surface area (Å²) in [6.45, 7) is 0.530. The number of benzene rings is 1. The number of anilines is 1. The van der Waals surface area contributed by atoms with Gasteiger partial charge in [-0.05, 0) is 17.7 Å². The highest BCUT2D eigenvalue weighted by atomic mass is 35.5. The maximum absolute atomic E-state index is 12.7. The summed E-state index contributed by atoms with van der Waals surface area (Å²) >= 11 is 6.04. The van der Waals surface area contributed by atoms with Crippen molar-refractivity contribution >= 4 is 28.7 Å². The molecule has 0 bridgehead atoms. The number of aliphatic hydroxyl groups excluding tert-OH is 1. The van der Waals surface area contributed by atoms with E-state index in [9.17, 15) is 9.59 Å². The molecule has 0 unspecified atom stereocenters. The minimum Gasteiger partial charge on any atom is -0.395 e. The molecule has 0 aliphatic rings. The fourth-order valence-corrected chi connectivity index (χ4v) is 2.93. The van der Waals surface area contributed by atoms with E-state index in [2.05, 4.69) is 10.3 Å². The molecule has 0 spiro atoms. The van der Waals surface area contributed by atoms with Crippen LogP contribution in [0, 0.1) is 0 Å². The van der Waals surface area contributed by atoms with Crippen molar-refractivity contribution in [2.75, 3.05) is 18.5 Å². The molecule has 0 saturated carbocycles. The molecule has 132 valence electrons. The lowest BCUT2D eigenvalue weighted by Crippen LogP contribution is -2.37. The molecule has 0 amide bonds. The van der Waals surface area contributed by atoms with Gasteiger partial charge in [-0.2, -0.15) is 4.98 Å². The van der Waals surface area contributed by atoms with Gasteiger partial charge in [0.2, 0.25) is 5.95 Å². The number of hydrogen-bond donors (Lipinski definition) is 2. The van der Waals surface area contributed by atoms with E-state index in [1.165, 1.54) is 11.6 Å². The molecule has 8 nitrogen and oxygen atoms in total. The SMILES string of the molecule is Cn1c(=O)c2c(nc(NCCO)n2Cc2cccc(Cl)c2)n(C)c1=O. The zero-order valence-electron chi connectivity index (χ0n) is 13.9. The molecule has 2 N–H and O–H groups in total. The number of aliphatic hydroxyl groups is 1. The van der Waals surface area contributed by atoms with Crippen molar-refractivity contribution in [3.8, 4) is 0 Å². The fourth-order valence-electron chi connectivity index (χ4n) is 2.72. The predicted molar refractivity (Wildman–Crippen MR) is 96.3 cm³/mol. The standard InChI is InChI=1S/C16H18ClN5O3/c1-20-13-12(14(24)21(2)16(20)25)22(15(19-13)18-6-7-23)9-10-4-3-5-11(17)8-10/h3-5,8,23H,6-7,9H2,1-2H3,(H,18,19). The van der Waals surface area contributed by atoms with Gasteiger partial charge in [-0.3, -0.25) is 18.5 Å². The van der Waals surface area contributed by atoms with Crippen LogP contribution in [0.2, 0.25) is 5.02 Å². The Kier molecular flexibility index (Phi) is 4.65. The highest BCUT2D eigenvalue weighted by molar-refractivity contribution is 6.30. The van der Waals surface area contributed by atoms with E-state index >= 15 is 0 Å². The number of imidazole rings is 1. The second-order valence-corrected chi connectivity index (χ2v) is 6.12. The van der Waals surface area contributed by atoms with Crippen molar-refractivity contribution in [2.24, 2.45) is 14.1 Å². The van der Waals surface area contributed by atoms with Gasteiger partial charge in [0.25, 0.3) is 5.56 Å². The van der Waals surface area contributed by atoms with Crippen molar-refractivity contribution in [3.05, 3.63) is 55.7 Å². The number of aryl methyl sites for hydroxylation is 1. The molecular weight excluding hydrogens is 346 g/mol. The van der Waals surface area contributed by atoms with Crippen LogP contribution in [0.4, 0.5) is 5.95 Å². The topological polar surface area (TPSA) is 94.1 Å². The van der Waals surface area contributed by atoms with Crippen LogP contribution in [0.1, 0.15) is 5.56 Å². The van der Waals surface area contributed by atoms with E-state index in [-0.39, 0.29) is 18.8 Å². The average Bonchev–Trinajstić information content (AvgIpc) is 2.95. The number of aromatic nitrogens is 4. The third-order valence-corrected chi connectivity index (χ3v) is 4.21. The van der Waals surface area contributed by atoms with E-state index in [0.29, 0.717) is 23.0 Å². The molecule has 3 aromatic rings. The normalized spacial score (nSPS) is 11.2. The Morgan fingerprint density at radius 2 is 2.00 bits per heavy atom. The molecule has 9 heteroatoms. The molecule has 0 radical (unpaired) electrons. The summed E-state index contributed by atoms with van der Waals surface area (Å²) in [5.41, 5.74) is 0.610. The Balaban J connectivity index is 2.26. The van der Waals surface area contributed by atoms with Gasteiger partial charge in [0.05, 0.1) is 13.2 Å². The molecule has 0 aliphatic carbocycles. The molecule has 2 aromatic heterocycles. The van der Waals surface area contributed by atoms with Gasteiger partial charge in [-0.1, -0.05) is 23.7 Å². The smallest absolute Gasteiger partial charge is 0.332 e. The Morgan fingerprint density at radius 1 is 1.24 bits per heavy atom. The monoisotopic (exact) mass is 363 g/mol. The lowest BCUT2D eigenvalue weighted by Gasteiger charge is -2.10. The molecule has 2 heterocycles. The van der Waals surface area contributed by atoms with Crippen molar-refractivity contribution < 1.29 is 5.11 Å². The highest BCUT2D eigenvalue weighted by Crippen LogP contribution is 2.19. The van der Waals surface area contributed by atoms with Crippen molar-refractivity contribution in [2.45, 2.75) is 6.54 Å². The second-order valence-electron chi connectivity index (χ2n) is 5.68. The average molecular weight is 364 g/mol. The largest absolute Gasteiger partial charge is 0.395 e. The van der Waals surface area contributed by atoms with Crippen LogP contribution in [-0.4, -0.2) is 36.9 Å². The van der Waals surface area contributed by atoms with Crippen LogP contribution in [0.15, 0.2) is 33.9 Å². The Hall–Kier alpha value is -2.58. The van der Waals surface area contributed by atoms with Crippen LogP contribution in [0.25, 0.3) is 11.2 Å². The number of nitrogens with zero attached hydrogens (tertiary/aromatic N) is 4. The van der Waals surface area contributed by atoms with Crippen molar-refractivity contribution in [1.82, 2.24) is 18.7 Å². The summed E-state index contributed by atoms with van der Waals surface area (Å²) in [4.78, 5) is 29.2. The molecule has 0 saturated heterocycles. The quantitative estimate of drug-likeness (QED) is 0.690. The molecule has 3 rings (SSSR count). The number of fused-ring (bicyclic) bond motifs is 1. The first-order valence-electron chi connectivity index (χ1n) is 7.69. The Labute approximate surface area is 147 Å². The zero-order chi connectivity index (χ0) is 18.1. The van der Waals surface area contributed by atoms with Gasteiger partial charge in [0, 0.05) is 25.7 Å². The Bertz CT molecular complexity index is 1050. The molecule has 0 aliphatic heterocycles. The van der Waals surface area contributed by atoms with Crippen LogP contribution in [0.3, 0.4) is 0 Å². The zero-order valence-corrected chi connectivity index (χ0v) is 14.6. The van der Waals surface area contributed by atoms with Crippen LogP contribution >= 0.6 is 11.6 Å². The minimum absolute atomic E-state index is 0.0860. The number of hydrogen-bond acceptors (Lipinski definition) is 5. The number of nitrogens with one attached hydrogen (secondary N) is 1. The number of halogens is 1. The van der Waals surface area contributed by atoms with Gasteiger partial charge in [-0.25, -0.2) is 4.79 Å². The first-order chi connectivity index (χ1) is 11.9. The molecule has 1 aromatic carbocycles. The van der Waals surface area contributed by atoms with E-state index in [0.717, 1.165) is 10.1 Å². The summed E-state index contributed by atoms with van der Waals surface area (Å²) in [5.74, 6) is 0.405. The van der Waals surface area contributed by atoms with Gasteiger partial charge in [0.1, 0.15) is 0 Å². The second kappa shape index (κ2) is 6.73. The van der Waals surface area contributed by atoms with E-state index in [1.807, 2.05) is 12.1 Å². The van der Waals surface area contributed by atoms with E-state index in [4.69, 9.17) is 16.7 Å². The minimum atomic E-state index is -0.446. The van der Waals surface area contributed by atoms with Gasteiger partial charge in [-0.15, -0.1) is 0 Å². The summed E-state index contributed by atoms with van der Waals surface area (Å²) in [7, 11) is 3.00. The van der Waals surface area contributed by atoms with Crippen molar-refractivity contribution in [3.63, 3.8) is 0 Å².